The molecule has 0 spiro atoms. The molecule has 0 N–H and O–H groups in total. The minimum atomic E-state index is -2.55. The number of nitrogens with zero attached hydrogens (tertiary/aromatic N) is 1. The Hall–Kier alpha value is -1.76. The minimum Gasteiger partial charge on any atom is -0.488 e. The zero-order valence-corrected chi connectivity index (χ0v) is 13.6. The van der Waals surface area contributed by atoms with E-state index in [1.807, 2.05) is 0 Å². The van der Waals surface area contributed by atoms with Gasteiger partial charge in [0.25, 0.3) is 12.9 Å². The highest BCUT2D eigenvalue weighted by Crippen LogP contribution is 2.34. The van der Waals surface area contributed by atoms with E-state index in [0.29, 0.717) is 27.2 Å². The van der Waals surface area contributed by atoms with Crippen molar-refractivity contribution in [1.29, 1.82) is 0 Å². The van der Waals surface area contributed by atoms with Crippen LogP contribution in [0.4, 0.5) is 17.6 Å². The molecule has 0 saturated carbocycles. The van der Waals surface area contributed by atoms with Gasteiger partial charge in [0.15, 0.2) is 0 Å². The summed E-state index contributed by atoms with van der Waals surface area (Å²) in [7, 11) is 0. The predicted octanol–water partition coefficient (Wildman–Crippen LogP) is 5.04. The molecular weight excluding hydrogens is 378 g/mol. The molecule has 1 aliphatic heterocycles. The van der Waals surface area contributed by atoms with E-state index in [1.54, 1.807) is 24.3 Å². The van der Waals surface area contributed by atoms with E-state index in [0.717, 1.165) is 0 Å². The predicted molar refractivity (Wildman–Crippen MR) is 84.8 cm³/mol. The number of ether oxygens (including phenoxy) is 1. The maximum absolute atomic E-state index is 12.8. The number of allylic oxidation sites excluding steroid dienone is 3. The summed E-state index contributed by atoms with van der Waals surface area (Å²) in [5.74, 6) is 0.293. The number of halogens is 5. The third-order valence-electron chi connectivity index (χ3n) is 3.13. The van der Waals surface area contributed by atoms with E-state index < -0.39 is 26.0 Å². The van der Waals surface area contributed by atoms with Gasteiger partial charge in [0.2, 0.25) is 0 Å². The summed E-state index contributed by atoms with van der Waals surface area (Å²) >= 11 is 3.27. The van der Waals surface area contributed by atoms with Crippen molar-refractivity contribution in [2.24, 2.45) is 0 Å². The second-order valence-electron chi connectivity index (χ2n) is 4.74. The molecule has 2 rings (SSSR count). The molecule has 0 aliphatic carbocycles. The van der Waals surface area contributed by atoms with Crippen molar-refractivity contribution in [3.05, 3.63) is 58.7 Å². The summed E-state index contributed by atoms with van der Waals surface area (Å²) < 4.78 is 55.4. The summed E-state index contributed by atoms with van der Waals surface area (Å²) in [4.78, 5) is 1.41. The van der Waals surface area contributed by atoms with Gasteiger partial charge in [-0.15, -0.1) is 0 Å². The Bertz CT molecular complexity index is 625. The Balaban J connectivity index is 2.22. The number of benzene rings is 1. The molecular formula is C16H14BrF4NO. The van der Waals surface area contributed by atoms with E-state index in [-0.39, 0.29) is 0 Å². The summed E-state index contributed by atoms with van der Waals surface area (Å²) in [6, 6.07) is 6.31. The molecule has 0 fully saturated rings. The van der Waals surface area contributed by atoms with Crippen LogP contribution in [0.2, 0.25) is 0 Å². The monoisotopic (exact) mass is 391 g/mol. The molecule has 1 heterocycles. The van der Waals surface area contributed by atoms with Gasteiger partial charge in [0, 0.05) is 15.9 Å². The maximum atomic E-state index is 12.8. The van der Waals surface area contributed by atoms with Crippen LogP contribution >= 0.6 is 15.9 Å². The Morgan fingerprint density at radius 3 is 2.26 bits per heavy atom. The Morgan fingerprint density at radius 2 is 1.70 bits per heavy atom. The lowest BCUT2D eigenvalue weighted by atomic mass is 10.1. The van der Waals surface area contributed by atoms with Gasteiger partial charge >= 0.3 is 0 Å². The van der Waals surface area contributed by atoms with Crippen LogP contribution in [-0.2, 0) is 0 Å². The normalized spacial score (nSPS) is 15.1. The second-order valence-corrected chi connectivity index (χ2v) is 5.60. The van der Waals surface area contributed by atoms with Crippen molar-refractivity contribution in [3.8, 4) is 5.75 Å². The Labute approximate surface area is 139 Å². The van der Waals surface area contributed by atoms with Crippen molar-refractivity contribution < 1.29 is 22.3 Å². The summed E-state index contributed by atoms with van der Waals surface area (Å²) in [6.45, 7) is 2.62. The molecule has 0 atom stereocenters. The van der Waals surface area contributed by atoms with Crippen molar-refractivity contribution in [2.75, 3.05) is 13.2 Å². The lowest BCUT2D eigenvalue weighted by Gasteiger charge is -2.31. The molecule has 2 nitrogen and oxygen atoms in total. The first-order valence-electron chi connectivity index (χ1n) is 6.72. The average Bonchev–Trinajstić information content (AvgIpc) is 2.50. The van der Waals surface area contributed by atoms with Crippen LogP contribution in [0.1, 0.15) is 5.56 Å². The highest BCUT2D eigenvalue weighted by atomic mass is 79.9. The van der Waals surface area contributed by atoms with Gasteiger partial charge in [-0.25, -0.2) is 17.6 Å². The number of hydrogen-bond acceptors (Lipinski definition) is 2. The molecule has 0 unspecified atom stereocenters. The molecule has 7 heteroatoms. The SMILES string of the molecule is C=C1C(Br)=CC=C(c2ccc(OCC(F)F)cc2)N1CC(F)F. The molecule has 124 valence electrons. The van der Waals surface area contributed by atoms with Crippen LogP contribution in [0.5, 0.6) is 5.75 Å². The molecule has 23 heavy (non-hydrogen) atoms. The summed E-state index contributed by atoms with van der Waals surface area (Å²) in [6.07, 6.45) is -1.66. The number of alkyl halides is 4. The van der Waals surface area contributed by atoms with E-state index in [9.17, 15) is 17.6 Å². The zero-order valence-electron chi connectivity index (χ0n) is 12.0. The second kappa shape index (κ2) is 7.68. The van der Waals surface area contributed by atoms with E-state index in [4.69, 9.17) is 4.74 Å². The molecule has 1 aromatic carbocycles. The first kappa shape index (κ1) is 17.6. The summed E-state index contributed by atoms with van der Waals surface area (Å²) in [5, 5.41) is 0. The fourth-order valence-corrected chi connectivity index (χ4v) is 2.44. The quantitative estimate of drug-likeness (QED) is 0.629. The molecule has 0 saturated heterocycles. The van der Waals surface area contributed by atoms with Crippen LogP contribution in [-0.4, -0.2) is 30.9 Å². The highest BCUT2D eigenvalue weighted by Gasteiger charge is 2.23. The van der Waals surface area contributed by atoms with Gasteiger partial charge < -0.3 is 9.64 Å². The Kier molecular flexibility index (Phi) is 5.87. The largest absolute Gasteiger partial charge is 0.488 e. The molecule has 1 aliphatic rings. The van der Waals surface area contributed by atoms with Crippen molar-refractivity contribution in [1.82, 2.24) is 4.90 Å². The third-order valence-corrected chi connectivity index (χ3v) is 3.85. The molecule has 0 bridgehead atoms. The van der Waals surface area contributed by atoms with Crippen LogP contribution in [0.3, 0.4) is 0 Å². The van der Waals surface area contributed by atoms with E-state index >= 15 is 0 Å². The van der Waals surface area contributed by atoms with Crippen molar-refractivity contribution in [2.45, 2.75) is 12.9 Å². The van der Waals surface area contributed by atoms with Crippen LogP contribution in [0.25, 0.3) is 5.70 Å². The van der Waals surface area contributed by atoms with Crippen LogP contribution < -0.4 is 4.74 Å². The highest BCUT2D eigenvalue weighted by molar-refractivity contribution is 9.12. The van der Waals surface area contributed by atoms with Gasteiger partial charge in [-0.05, 0) is 57.9 Å². The molecule has 0 aromatic heterocycles. The first-order chi connectivity index (χ1) is 10.9. The van der Waals surface area contributed by atoms with Gasteiger partial charge in [0.1, 0.15) is 12.4 Å². The van der Waals surface area contributed by atoms with Gasteiger partial charge in [-0.3, -0.25) is 0 Å². The van der Waals surface area contributed by atoms with Crippen molar-refractivity contribution >= 4 is 21.6 Å². The van der Waals surface area contributed by atoms with Gasteiger partial charge in [0.05, 0.1) is 6.54 Å². The van der Waals surface area contributed by atoms with Crippen LogP contribution in [0, 0.1) is 0 Å². The van der Waals surface area contributed by atoms with Gasteiger partial charge in [-0.1, -0.05) is 6.58 Å². The standard InChI is InChI=1S/C16H14BrF4NO/c1-10-13(17)6-7-14(22(10)8-15(18)19)11-2-4-12(5-3-11)23-9-16(20)21/h2-7,15-16H,1,8-9H2. The Morgan fingerprint density at radius 1 is 1.04 bits per heavy atom. The van der Waals surface area contributed by atoms with E-state index in [1.165, 1.54) is 17.0 Å². The topological polar surface area (TPSA) is 12.5 Å². The lowest BCUT2D eigenvalue weighted by molar-refractivity contribution is 0.0819. The average molecular weight is 392 g/mol. The maximum Gasteiger partial charge on any atom is 0.272 e. The number of hydrogen-bond donors (Lipinski definition) is 0. The number of rotatable bonds is 6. The lowest BCUT2D eigenvalue weighted by Crippen LogP contribution is -2.28. The zero-order chi connectivity index (χ0) is 17.0. The fourth-order valence-electron chi connectivity index (χ4n) is 2.09. The third kappa shape index (κ3) is 4.60. The van der Waals surface area contributed by atoms with Crippen LogP contribution in [0.15, 0.2) is 53.2 Å². The van der Waals surface area contributed by atoms with Gasteiger partial charge in [-0.2, -0.15) is 0 Å². The van der Waals surface area contributed by atoms with E-state index in [2.05, 4.69) is 22.5 Å². The molecule has 1 aromatic rings. The van der Waals surface area contributed by atoms with Crippen molar-refractivity contribution in [3.63, 3.8) is 0 Å². The minimum absolute atomic E-state index is 0.293. The molecule has 0 amide bonds. The fraction of sp³-hybridized carbons (Fsp3) is 0.250. The first-order valence-corrected chi connectivity index (χ1v) is 7.51. The summed E-state index contributed by atoms with van der Waals surface area (Å²) in [5.41, 5.74) is 1.65. The molecule has 0 radical (unpaired) electrons. The smallest absolute Gasteiger partial charge is 0.272 e.